The number of halogens is 1. The van der Waals surface area contributed by atoms with Crippen LogP contribution in [0.15, 0.2) is 59.1 Å². The van der Waals surface area contributed by atoms with Crippen molar-refractivity contribution in [2.24, 2.45) is 5.92 Å². The number of hydrogen-bond acceptors (Lipinski definition) is 12. The zero-order valence-electron chi connectivity index (χ0n) is 33.1. The van der Waals surface area contributed by atoms with E-state index in [2.05, 4.69) is 28.1 Å². The number of carbonyl (C=O) groups is 5. The Kier molecular flexibility index (Phi) is 13.3. The number of likely N-dealkylation sites (N-methyl/N-ethyl adjacent to an activating group) is 1. The van der Waals surface area contributed by atoms with Gasteiger partial charge in [0.1, 0.15) is 25.1 Å². The van der Waals surface area contributed by atoms with Crippen LogP contribution in [0.5, 0.6) is 0 Å². The van der Waals surface area contributed by atoms with Crippen molar-refractivity contribution >= 4 is 52.5 Å². The highest BCUT2D eigenvalue weighted by Crippen LogP contribution is 2.53. The van der Waals surface area contributed by atoms with E-state index in [1.54, 1.807) is 32.2 Å². The number of nitrogens with zero attached hydrogens (tertiary/aromatic N) is 2. The van der Waals surface area contributed by atoms with E-state index in [1.165, 1.54) is 23.8 Å². The van der Waals surface area contributed by atoms with Crippen molar-refractivity contribution in [3.63, 3.8) is 0 Å². The Balaban J connectivity index is 0.000000245. The molecular formula is C42H52FN5O8S. The highest BCUT2D eigenvalue weighted by atomic mass is 32.2. The van der Waals surface area contributed by atoms with Crippen molar-refractivity contribution in [2.75, 3.05) is 52.0 Å². The molecule has 1 fully saturated rings. The number of nitrogens with one attached hydrogen (secondary N) is 3. The number of cyclic esters (lactones) is 1. The van der Waals surface area contributed by atoms with Crippen LogP contribution in [0.2, 0.25) is 0 Å². The lowest BCUT2D eigenvalue weighted by Crippen LogP contribution is -2.49. The molecule has 1 aromatic heterocycles. The Bertz CT molecular complexity index is 1980. The van der Waals surface area contributed by atoms with Crippen LogP contribution in [-0.4, -0.2) is 108 Å². The number of amides is 3. The summed E-state index contributed by atoms with van der Waals surface area (Å²) >= 11 is 1.48. The van der Waals surface area contributed by atoms with Gasteiger partial charge in [-0.3, -0.25) is 29.1 Å². The monoisotopic (exact) mass is 805 g/mol. The van der Waals surface area contributed by atoms with E-state index in [4.69, 9.17) is 14.5 Å². The van der Waals surface area contributed by atoms with Crippen molar-refractivity contribution in [1.82, 2.24) is 20.5 Å². The summed E-state index contributed by atoms with van der Waals surface area (Å²) in [7, 11) is 3.37. The number of hydrogen-bond donors (Lipinski definition) is 4. The maximum Gasteiger partial charge on any atom is 0.343 e. The van der Waals surface area contributed by atoms with Gasteiger partial charge in [0, 0.05) is 61.0 Å². The van der Waals surface area contributed by atoms with Crippen molar-refractivity contribution in [3.8, 4) is 0 Å². The largest absolute Gasteiger partial charge is 0.458 e. The Labute approximate surface area is 336 Å². The summed E-state index contributed by atoms with van der Waals surface area (Å²) < 4.78 is 24.8. The first-order valence-corrected chi connectivity index (χ1v) is 20.9. The summed E-state index contributed by atoms with van der Waals surface area (Å²) in [5, 5.41) is 20.4. The second kappa shape index (κ2) is 18.0. The van der Waals surface area contributed by atoms with Gasteiger partial charge in [-0.25, -0.2) is 9.18 Å². The number of Topliss-reactive ketones (excluding diaryl/α,β-unsaturated/α-hetero) is 1. The third-order valence-corrected chi connectivity index (χ3v) is 12.5. The maximum absolute atomic E-state index is 14.7. The van der Waals surface area contributed by atoms with Crippen LogP contribution in [0.3, 0.4) is 0 Å². The van der Waals surface area contributed by atoms with Crippen molar-refractivity contribution in [1.29, 1.82) is 0 Å². The summed E-state index contributed by atoms with van der Waals surface area (Å²) in [4.78, 5) is 68.3. The smallest absolute Gasteiger partial charge is 0.343 e. The lowest BCUT2D eigenvalue weighted by Gasteiger charge is -2.38. The summed E-state index contributed by atoms with van der Waals surface area (Å²) in [5.74, 6) is -2.00. The molecule has 4 heterocycles. The Morgan fingerprint density at radius 3 is 2.70 bits per heavy atom. The molecule has 0 spiro atoms. The molecule has 4 unspecified atom stereocenters. The minimum atomic E-state index is -1.92. The predicted octanol–water partition coefficient (Wildman–Crippen LogP) is 4.37. The lowest BCUT2D eigenvalue weighted by molar-refractivity contribution is -0.163. The molecule has 7 rings (SSSR count). The number of likely N-dealkylation sites (tertiary alicyclic amines) is 1. The van der Waals surface area contributed by atoms with E-state index in [1.807, 2.05) is 19.4 Å². The first kappa shape index (κ1) is 42.2. The Morgan fingerprint density at radius 1 is 1.21 bits per heavy atom. The summed E-state index contributed by atoms with van der Waals surface area (Å²) in [6, 6.07) is -1.22. The molecule has 0 radical (unpaired) electrons. The fourth-order valence-electron chi connectivity index (χ4n) is 8.47. The number of pyridine rings is 1. The zero-order chi connectivity index (χ0) is 41.0. The van der Waals surface area contributed by atoms with Gasteiger partial charge in [0.15, 0.2) is 11.4 Å². The highest BCUT2D eigenvalue weighted by Gasteiger charge is 2.51. The van der Waals surface area contributed by atoms with E-state index in [-0.39, 0.29) is 77.2 Å². The first-order valence-electron chi connectivity index (χ1n) is 19.6. The quantitative estimate of drug-likeness (QED) is 0.0961. The normalized spacial score (nSPS) is 27.2. The fraction of sp³-hybridized carbons (Fsp3) is 0.524. The first-order chi connectivity index (χ1) is 27.4. The van der Waals surface area contributed by atoms with Crippen LogP contribution in [0.4, 0.5) is 10.1 Å². The predicted molar refractivity (Wildman–Crippen MR) is 215 cm³/mol. The molecule has 4 N–H and O–H groups in total. The second-order valence-electron chi connectivity index (χ2n) is 15.1. The molecule has 57 heavy (non-hydrogen) atoms. The van der Waals surface area contributed by atoms with Crippen LogP contribution in [-0.2, 0) is 33.4 Å². The number of carbonyl (C=O) groups excluding carboxylic acids is 5. The molecule has 306 valence electrons. The number of fused-ring (bicyclic) bond motifs is 7. The van der Waals surface area contributed by atoms with Gasteiger partial charge in [-0.2, -0.15) is 11.8 Å². The number of methoxy groups -OCH3 is 1. The SMILES string of the molecule is CC[C@@]1(O)C(=O)OCC2=C1C=C1c3ncc4c(c3NC1C2=O)[C@@H](NC(=O)COC)CC1C=C(C)C(F)=CC41.CNCC=CCCCCCN1C(=O)CC(SC)C1=O. The molecule has 13 nitrogen and oxygen atoms in total. The standard InChI is InChI=1S/C28H28FN3O6.C14H24N2O2S/c1-4-28(36)18-7-15-23-25(32-24(15)26(34)17(18)10-38-27(28)35)22-16(9-30-23)14-8-19(29)12(2)5-13(14)6-20(22)31-21(33)11-37-3;1-15-9-7-5-3-4-6-8-10-16-13(17)11-12(19-2)14(16)18/h5,7-9,13-14,20,24,32,36H,4,6,10-11H2,1-3H3,(H,31,33);5,7,12,15H,3-4,6,8-11H2,1-2H3/t13?,14?,20-,24?,28-;/m0./s1. The van der Waals surface area contributed by atoms with E-state index in [9.17, 15) is 33.5 Å². The van der Waals surface area contributed by atoms with Gasteiger partial charge in [-0.1, -0.05) is 31.6 Å². The number of rotatable bonds is 13. The molecule has 1 saturated heterocycles. The number of aliphatic hydroxyl groups is 1. The van der Waals surface area contributed by atoms with Crippen LogP contribution < -0.4 is 16.0 Å². The molecule has 15 heteroatoms. The highest BCUT2D eigenvalue weighted by molar-refractivity contribution is 8.00. The van der Waals surface area contributed by atoms with Gasteiger partial charge < -0.3 is 30.5 Å². The number of anilines is 1. The molecule has 1 aromatic rings. The fourth-order valence-corrected chi connectivity index (χ4v) is 9.11. The Hall–Kier alpha value is -4.44. The number of esters is 1. The average molecular weight is 806 g/mol. The lowest BCUT2D eigenvalue weighted by atomic mass is 9.70. The van der Waals surface area contributed by atoms with Crippen molar-refractivity contribution in [2.45, 2.75) is 87.6 Å². The topological polar surface area (TPSA) is 176 Å². The molecule has 3 aliphatic heterocycles. The molecule has 6 aliphatic rings. The minimum Gasteiger partial charge on any atom is -0.458 e. The van der Waals surface area contributed by atoms with Gasteiger partial charge in [-0.15, -0.1) is 0 Å². The number of unbranched alkanes of at least 4 members (excludes halogenated alkanes) is 3. The summed E-state index contributed by atoms with van der Waals surface area (Å²) in [6.07, 6.45) is 18.1. The number of allylic oxidation sites excluding steroid dienone is 5. The number of imide groups is 1. The van der Waals surface area contributed by atoms with Gasteiger partial charge in [-0.05, 0) is 81.5 Å². The van der Waals surface area contributed by atoms with Crippen molar-refractivity contribution in [3.05, 3.63) is 75.9 Å². The third kappa shape index (κ3) is 8.30. The van der Waals surface area contributed by atoms with Crippen LogP contribution >= 0.6 is 11.8 Å². The number of ether oxygens (including phenoxy) is 2. The molecule has 3 aliphatic carbocycles. The maximum atomic E-state index is 14.7. The zero-order valence-corrected chi connectivity index (χ0v) is 33.9. The second-order valence-corrected chi connectivity index (χ2v) is 16.1. The van der Waals surface area contributed by atoms with E-state index in [0.29, 0.717) is 41.9 Å². The number of ketones is 1. The minimum absolute atomic E-state index is 0.00161. The van der Waals surface area contributed by atoms with Gasteiger partial charge in [0.2, 0.25) is 17.7 Å². The number of thioether (sulfide) groups is 1. The van der Waals surface area contributed by atoms with Crippen LogP contribution in [0, 0.1) is 5.92 Å². The van der Waals surface area contributed by atoms with Crippen molar-refractivity contribution < 1.29 is 42.9 Å². The van der Waals surface area contributed by atoms with E-state index >= 15 is 0 Å². The van der Waals surface area contributed by atoms with E-state index in [0.717, 1.165) is 43.4 Å². The van der Waals surface area contributed by atoms with Gasteiger partial charge >= 0.3 is 5.97 Å². The third-order valence-electron chi connectivity index (χ3n) is 11.5. The molecule has 0 bridgehead atoms. The Morgan fingerprint density at radius 2 is 2.00 bits per heavy atom. The molecule has 3 amide bonds. The van der Waals surface area contributed by atoms with E-state index < -0.39 is 23.7 Å². The molecule has 6 atom stereocenters. The summed E-state index contributed by atoms with van der Waals surface area (Å²) in [5.41, 5.74) is 2.27. The molecule has 0 aromatic carbocycles. The molecular weight excluding hydrogens is 754 g/mol. The average Bonchev–Trinajstić information content (AvgIpc) is 3.71. The van der Waals surface area contributed by atoms with Crippen LogP contribution in [0.25, 0.3) is 5.57 Å². The number of aromatic nitrogens is 1. The summed E-state index contributed by atoms with van der Waals surface area (Å²) in [6.45, 7) is 4.55. The van der Waals surface area contributed by atoms with Gasteiger partial charge in [0.25, 0.3) is 0 Å². The van der Waals surface area contributed by atoms with Crippen LogP contribution in [0.1, 0.15) is 87.6 Å². The van der Waals surface area contributed by atoms with Gasteiger partial charge in [0.05, 0.1) is 22.7 Å². The molecule has 0 saturated carbocycles.